The first-order chi connectivity index (χ1) is 11.7. The van der Waals surface area contributed by atoms with Crippen LogP contribution in [0.1, 0.15) is 17.3 Å². The van der Waals surface area contributed by atoms with Crippen molar-refractivity contribution in [3.63, 3.8) is 0 Å². The summed E-state index contributed by atoms with van der Waals surface area (Å²) in [6.07, 6.45) is 0. The third-order valence-corrected chi connectivity index (χ3v) is 5.21. The summed E-state index contributed by atoms with van der Waals surface area (Å²) in [4.78, 5) is 12.4. The lowest BCUT2D eigenvalue weighted by atomic mass is 9.97. The molecule has 0 aliphatic carbocycles. The van der Waals surface area contributed by atoms with Crippen LogP contribution in [-0.4, -0.2) is 19.7 Å². The van der Waals surface area contributed by atoms with E-state index in [1.165, 1.54) is 0 Å². The smallest absolute Gasteiger partial charge is 0.339 e. The molecule has 0 aliphatic rings. The molecule has 24 heavy (non-hydrogen) atoms. The van der Waals surface area contributed by atoms with Gasteiger partial charge in [-0.15, -0.1) is 11.3 Å². The van der Waals surface area contributed by atoms with Crippen molar-refractivity contribution in [2.24, 2.45) is 0 Å². The van der Waals surface area contributed by atoms with Crippen molar-refractivity contribution < 1.29 is 14.3 Å². The largest absolute Gasteiger partial charge is 0.496 e. The van der Waals surface area contributed by atoms with Crippen molar-refractivity contribution in [3.8, 4) is 5.75 Å². The van der Waals surface area contributed by atoms with Gasteiger partial charge < -0.3 is 9.47 Å². The Morgan fingerprint density at radius 3 is 2.58 bits per heavy atom. The Kier molecular flexibility index (Phi) is 3.62. The van der Waals surface area contributed by atoms with Gasteiger partial charge in [0.2, 0.25) is 0 Å². The van der Waals surface area contributed by atoms with E-state index in [-0.39, 0.29) is 5.97 Å². The summed E-state index contributed by atoms with van der Waals surface area (Å²) in [5, 5.41) is 7.40. The van der Waals surface area contributed by atoms with Gasteiger partial charge in [0, 0.05) is 15.5 Å². The zero-order valence-corrected chi connectivity index (χ0v) is 14.3. The Balaban J connectivity index is 2.15. The third kappa shape index (κ3) is 2.14. The lowest BCUT2D eigenvalue weighted by molar-refractivity contribution is 0.0529. The molecule has 1 heterocycles. The minimum absolute atomic E-state index is 0.272. The quantitative estimate of drug-likeness (QED) is 0.371. The lowest BCUT2D eigenvalue weighted by Crippen LogP contribution is -2.04. The van der Waals surface area contributed by atoms with Crippen LogP contribution in [0.25, 0.3) is 31.6 Å². The monoisotopic (exact) mass is 336 g/mol. The Bertz CT molecular complexity index is 1080. The van der Waals surface area contributed by atoms with Crippen molar-refractivity contribution in [1.82, 2.24) is 0 Å². The number of hydrogen-bond acceptors (Lipinski definition) is 4. The highest BCUT2D eigenvalue weighted by atomic mass is 32.1. The maximum Gasteiger partial charge on any atom is 0.339 e. The standard InChI is InChI=1S/C20H16O3S/c1-3-23-20(21)17-11-16-12-5-4-6-18(22-2)14(12)8-7-13(16)15-9-10-24-19(15)17/h4-11H,3H2,1-2H3. The molecule has 0 bridgehead atoms. The molecule has 4 rings (SSSR count). The van der Waals surface area contributed by atoms with Crippen molar-refractivity contribution in [2.75, 3.05) is 13.7 Å². The van der Waals surface area contributed by atoms with Crippen LogP contribution in [0.3, 0.4) is 0 Å². The number of carbonyl (C=O) groups excluding carboxylic acids is 1. The molecule has 1 aromatic heterocycles. The van der Waals surface area contributed by atoms with Gasteiger partial charge in [-0.05, 0) is 52.7 Å². The van der Waals surface area contributed by atoms with Crippen LogP contribution in [-0.2, 0) is 4.74 Å². The molecule has 3 nitrogen and oxygen atoms in total. The molecule has 3 aromatic carbocycles. The molecule has 0 radical (unpaired) electrons. The molecule has 4 aromatic rings. The second-order valence-electron chi connectivity index (χ2n) is 5.52. The molecule has 4 heteroatoms. The van der Waals surface area contributed by atoms with Crippen molar-refractivity contribution in [1.29, 1.82) is 0 Å². The number of hydrogen-bond donors (Lipinski definition) is 0. The minimum Gasteiger partial charge on any atom is -0.496 e. The van der Waals surface area contributed by atoms with Gasteiger partial charge in [0.25, 0.3) is 0 Å². The van der Waals surface area contributed by atoms with E-state index in [1.807, 2.05) is 30.5 Å². The first-order valence-corrected chi connectivity index (χ1v) is 8.69. The van der Waals surface area contributed by atoms with E-state index in [9.17, 15) is 4.79 Å². The van der Waals surface area contributed by atoms with Crippen molar-refractivity contribution >= 4 is 48.9 Å². The van der Waals surface area contributed by atoms with Crippen LogP contribution in [0.5, 0.6) is 5.75 Å². The average molecular weight is 336 g/mol. The van der Waals surface area contributed by atoms with E-state index in [2.05, 4.69) is 24.3 Å². The molecule has 0 unspecified atom stereocenters. The summed E-state index contributed by atoms with van der Waals surface area (Å²) in [6.45, 7) is 2.19. The predicted octanol–water partition coefficient (Wildman–Crippen LogP) is 5.39. The first-order valence-electron chi connectivity index (χ1n) is 7.81. The molecule has 0 fully saturated rings. The molecule has 0 saturated heterocycles. The molecule has 0 N–H and O–H groups in total. The fraction of sp³-hybridized carbons (Fsp3) is 0.150. The fourth-order valence-corrected chi connectivity index (χ4v) is 4.14. The summed E-state index contributed by atoms with van der Waals surface area (Å²) >= 11 is 1.57. The maximum atomic E-state index is 12.4. The molecule has 0 saturated carbocycles. The Hall–Kier alpha value is -2.59. The van der Waals surface area contributed by atoms with Crippen LogP contribution in [0, 0.1) is 0 Å². The highest BCUT2D eigenvalue weighted by molar-refractivity contribution is 7.17. The van der Waals surface area contributed by atoms with Gasteiger partial charge in [0.1, 0.15) is 5.75 Å². The highest BCUT2D eigenvalue weighted by Gasteiger charge is 2.17. The number of fused-ring (bicyclic) bond motifs is 5. The van der Waals surface area contributed by atoms with Gasteiger partial charge in [0.15, 0.2) is 0 Å². The van der Waals surface area contributed by atoms with Crippen molar-refractivity contribution in [2.45, 2.75) is 6.92 Å². The maximum absolute atomic E-state index is 12.4. The van der Waals surface area contributed by atoms with Crippen LogP contribution in [0.2, 0.25) is 0 Å². The lowest BCUT2D eigenvalue weighted by Gasteiger charge is -2.11. The van der Waals surface area contributed by atoms with E-state index >= 15 is 0 Å². The predicted molar refractivity (Wildman–Crippen MR) is 99.3 cm³/mol. The van der Waals surface area contributed by atoms with Gasteiger partial charge in [-0.2, -0.15) is 0 Å². The molecule has 120 valence electrons. The Labute approximate surface area is 143 Å². The van der Waals surface area contributed by atoms with Gasteiger partial charge in [-0.3, -0.25) is 0 Å². The Morgan fingerprint density at radius 2 is 1.79 bits per heavy atom. The summed E-state index contributed by atoms with van der Waals surface area (Å²) in [7, 11) is 1.67. The van der Waals surface area contributed by atoms with E-state index in [1.54, 1.807) is 18.4 Å². The van der Waals surface area contributed by atoms with Crippen LogP contribution >= 0.6 is 11.3 Å². The second-order valence-corrected chi connectivity index (χ2v) is 6.44. The molecule has 0 spiro atoms. The van der Waals surface area contributed by atoms with Gasteiger partial charge in [0.05, 0.1) is 19.3 Å². The molecule has 0 amide bonds. The topological polar surface area (TPSA) is 35.5 Å². The van der Waals surface area contributed by atoms with Crippen LogP contribution < -0.4 is 4.74 Å². The van der Waals surface area contributed by atoms with Gasteiger partial charge >= 0.3 is 5.97 Å². The number of thiophene rings is 1. The fourth-order valence-electron chi connectivity index (χ4n) is 3.22. The minimum atomic E-state index is -0.272. The average Bonchev–Trinajstić information content (AvgIpc) is 3.10. The van der Waals surface area contributed by atoms with E-state index < -0.39 is 0 Å². The number of ether oxygens (including phenoxy) is 2. The summed E-state index contributed by atoms with van der Waals surface area (Å²) in [5.41, 5.74) is 0.629. The zero-order chi connectivity index (χ0) is 16.7. The Morgan fingerprint density at radius 1 is 1.00 bits per heavy atom. The number of methoxy groups -OCH3 is 1. The van der Waals surface area contributed by atoms with Gasteiger partial charge in [-0.1, -0.05) is 18.2 Å². The first kappa shape index (κ1) is 15.0. The molecule has 0 atom stereocenters. The van der Waals surface area contributed by atoms with E-state index in [0.717, 1.165) is 37.4 Å². The van der Waals surface area contributed by atoms with Gasteiger partial charge in [-0.25, -0.2) is 4.79 Å². The van der Waals surface area contributed by atoms with E-state index in [4.69, 9.17) is 9.47 Å². The number of benzene rings is 3. The normalized spacial score (nSPS) is 11.2. The number of carbonyl (C=O) groups is 1. The molecular formula is C20H16O3S. The zero-order valence-electron chi connectivity index (χ0n) is 13.5. The van der Waals surface area contributed by atoms with Crippen LogP contribution in [0.15, 0.2) is 47.8 Å². The summed E-state index contributed by atoms with van der Waals surface area (Å²) in [6, 6.07) is 14.2. The van der Waals surface area contributed by atoms with E-state index in [0.29, 0.717) is 12.2 Å². The SMILES string of the molecule is CCOC(=O)c1cc2c3cccc(OC)c3ccc2c2ccsc12. The summed E-state index contributed by atoms with van der Waals surface area (Å²) < 4.78 is 11.7. The van der Waals surface area contributed by atoms with Crippen LogP contribution in [0.4, 0.5) is 0 Å². The second kappa shape index (κ2) is 5.80. The third-order valence-electron chi connectivity index (χ3n) is 4.27. The highest BCUT2D eigenvalue weighted by Crippen LogP contribution is 2.38. The molecular weight excluding hydrogens is 320 g/mol. The number of esters is 1. The summed E-state index contributed by atoms with van der Waals surface area (Å²) in [5.74, 6) is 0.559. The van der Waals surface area contributed by atoms with Crippen molar-refractivity contribution in [3.05, 3.63) is 53.4 Å². The molecule has 0 aliphatic heterocycles. The number of rotatable bonds is 3.